The van der Waals surface area contributed by atoms with Crippen LogP contribution >= 0.6 is 0 Å². The topological polar surface area (TPSA) is 104 Å². The number of carbonyl (C=O) groups is 2. The van der Waals surface area contributed by atoms with E-state index in [4.69, 9.17) is 16.6 Å². The van der Waals surface area contributed by atoms with Crippen LogP contribution < -0.4 is 15.8 Å². The fraction of sp³-hybridized carbons (Fsp3) is 0.381. The van der Waals surface area contributed by atoms with Crippen molar-refractivity contribution in [3.8, 4) is 5.75 Å². The molecule has 178 valence electrons. The van der Waals surface area contributed by atoms with Crippen molar-refractivity contribution in [1.82, 2.24) is 4.98 Å². The van der Waals surface area contributed by atoms with Crippen molar-refractivity contribution in [2.75, 3.05) is 12.4 Å². The highest BCUT2D eigenvalue weighted by atomic mass is 19.4. The van der Waals surface area contributed by atoms with Gasteiger partial charge >= 0.3 is 6.18 Å². The number of benzene rings is 1. The van der Waals surface area contributed by atoms with Gasteiger partial charge in [-0.15, -0.1) is 0 Å². The molecule has 2 aromatic rings. The first-order valence-corrected chi connectivity index (χ1v) is 9.57. The third-order valence-corrected chi connectivity index (χ3v) is 5.76. The molecule has 0 radical (unpaired) electrons. The molecule has 7 nitrogen and oxygen atoms in total. The lowest BCUT2D eigenvalue weighted by molar-refractivity contribution is -0.272. The summed E-state index contributed by atoms with van der Waals surface area (Å²) < 4.78 is 88.2. The van der Waals surface area contributed by atoms with Gasteiger partial charge in [0.05, 0.1) is 8.48 Å². The van der Waals surface area contributed by atoms with Crippen molar-refractivity contribution in [1.29, 1.82) is 0 Å². The van der Waals surface area contributed by atoms with Gasteiger partial charge in [-0.3, -0.25) is 14.6 Å². The molecule has 0 aliphatic carbocycles. The predicted molar refractivity (Wildman–Crippen MR) is 106 cm³/mol. The molecule has 3 rings (SSSR count). The maximum Gasteiger partial charge on any atom is 0.417 e. The first-order chi connectivity index (χ1) is 15.7. The standard InChI is InChI=1S/C21H20F5N3O4/c1-9-14(11-4-5-12(22)15(23)16(11)32-3)17(33-20(9,2)21(24,25)26)19(31)29-10-6-7-28-13(8-10)18(27)30/h4-9,14,17H,1-3H3,(H2,27,30)(H,28,29,31)/t9-,14+,17+,20+/m0/s1/i8D. The van der Waals surface area contributed by atoms with Gasteiger partial charge in [-0.25, -0.2) is 4.39 Å². The van der Waals surface area contributed by atoms with Crippen LogP contribution in [0.15, 0.2) is 30.4 Å². The molecule has 0 saturated carbocycles. The van der Waals surface area contributed by atoms with Gasteiger partial charge in [0, 0.05) is 29.3 Å². The molecular weight excluding hydrogens is 453 g/mol. The Bertz CT molecular complexity index is 1150. The fourth-order valence-corrected chi connectivity index (χ4v) is 3.83. The van der Waals surface area contributed by atoms with Crippen molar-refractivity contribution >= 4 is 17.5 Å². The summed E-state index contributed by atoms with van der Waals surface area (Å²) in [5.74, 6) is -8.43. The highest BCUT2D eigenvalue weighted by molar-refractivity contribution is 5.97. The average molecular weight is 474 g/mol. The zero-order chi connectivity index (χ0) is 25.6. The molecule has 1 aromatic heterocycles. The number of amides is 2. The average Bonchev–Trinajstić information content (AvgIpc) is 3.03. The van der Waals surface area contributed by atoms with Gasteiger partial charge in [-0.1, -0.05) is 13.0 Å². The lowest BCUT2D eigenvalue weighted by Gasteiger charge is -2.32. The summed E-state index contributed by atoms with van der Waals surface area (Å²) in [5.41, 5.74) is 1.35. The molecule has 0 spiro atoms. The van der Waals surface area contributed by atoms with Gasteiger partial charge in [-0.2, -0.15) is 17.6 Å². The molecule has 1 aliphatic rings. The van der Waals surface area contributed by atoms with Crippen LogP contribution in [0.5, 0.6) is 5.75 Å². The van der Waals surface area contributed by atoms with E-state index in [1.165, 1.54) is 6.92 Å². The van der Waals surface area contributed by atoms with E-state index in [0.29, 0.717) is 6.07 Å². The maximum atomic E-state index is 14.4. The molecule has 2 heterocycles. The van der Waals surface area contributed by atoms with Crippen LogP contribution in [0.25, 0.3) is 0 Å². The minimum absolute atomic E-state index is 0.208. The van der Waals surface area contributed by atoms with Crippen molar-refractivity contribution in [2.24, 2.45) is 11.7 Å². The number of primary amides is 1. The molecule has 4 atom stereocenters. The molecule has 1 aromatic carbocycles. The number of rotatable bonds is 5. The van der Waals surface area contributed by atoms with E-state index >= 15 is 0 Å². The van der Waals surface area contributed by atoms with Gasteiger partial charge in [-0.05, 0) is 25.1 Å². The van der Waals surface area contributed by atoms with Crippen LogP contribution in [0.2, 0.25) is 0 Å². The van der Waals surface area contributed by atoms with Gasteiger partial charge in [0.1, 0.15) is 11.8 Å². The third kappa shape index (κ3) is 4.22. The number of alkyl halides is 3. The van der Waals surface area contributed by atoms with Crippen LogP contribution in [-0.2, 0) is 9.53 Å². The van der Waals surface area contributed by atoms with Crippen LogP contribution in [0, 0.1) is 17.6 Å². The van der Waals surface area contributed by atoms with E-state index in [1.54, 1.807) is 0 Å². The van der Waals surface area contributed by atoms with Crippen LogP contribution in [0.3, 0.4) is 0 Å². The first kappa shape index (κ1) is 22.9. The second-order valence-corrected chi connectivity index (χ2v) is 7.63. The van der Waals surface area contributed by atoms with E-state index < -0.39 is 70.7 Å². The fourth-order valence-electron chi connectivity index (χ4n) is 3.83. The number of anilines is 1. The molecule has 1 aliphatic heterocycles. The SMILES string of the molecule is [2H]c1c(NC(=O)[C@@H]2O[C@@](C)(C(F)(F)F)[C@@H](C)[C@@H]2c2ccc(F)c(F)c2OC)ccnc1C(N)=O. The number of pyridine rings is 1. The van der Waals surface area contributed by atoms with Crippen LogP contribution in [-0.4, -0.2) is 41.8 Å². The Kier molecular flexibility index (Phi) is 5.95. The number of halogens is 5. The zero-order valence-corrected chi connectivity index (χ0v) is 17.6. The number of carbonyl (C=O) groups excluding carboxylic acids is 2. The number of nitrogens with two attached hydrogens (primary N) is 1. The van der Waals surface area contributed by atoms with E-state index in [-0.39, 0.29) is 11.3 Å². The van der Waals surface area contributed by atoms with E-state index in [2.05, 4.69) is 10.3 Å². The number of hydrogen-bond donors (Lipinski definition) is 2. The van der Waals surface area contributed by atoms with E-state index in [0.717, 1.165) is 32.4 Å². The van der Waals surface area contributed by atoms with Crippen LogP contribution in [0.4, 0.5) is 27.6 Å². The third-order valence-electron chi connectivity index (χ3n) is 5.76. The number of nitrogens with zero attached hydrogens (tertiary/aromatic N) is 1. The van der Waals surface area contributed by atoms with Gasteiger partial charge in [0.15, 0.2) is 17.2 Å². The minimum atomic E-state index is -4.93. The second kappa shape index (κ2) is 8.58. The Labute approximate surface area is 186 Å². The monoisotopic (exact) mass is 474 g/mol. The Balaban J connectivity index is 2.11. The molecule has 12 heteroatoms. The lowest BCUT2D eigenvalue weighted by atomic mass is 9.77. The van der Waals surface area contributed by atoms with Gasteiger partial charge in [0.2, 0.25) is 5.82 Å². The first-order valence-electron chi connectivity index (χ1n) is 10.1. The predicted octanol–water partition coefficient (Wildman–Crippen LogP) is 3.55. The number of nitrogens with one attached hydrogen (secondary N) is 1. The molecular formula is C21H20F5N3O4. The smallest absolute Gasteiger partial charge is 0.417 e. The summed E-state index contributed by atoms with van der Waals surface area (Å²) in [6.07, 6.45) is -5.71. The molecule has 0 bridgehead atoms. The summed E-state index contributed by atoms with van der Waals surface area (Å²) in [6, 6.07) is 2.32. The summed E-state index contributed by atoms with van der Waals surface area (Å²) in [5, 5.41) is 2.25. The number of aromatic nitrogens is 1. The molecule has 3 N–H and O–H groups in total. The van der Waals surface area contributed by atoms with Crippen molar-refractivity contribution in [2.45, 2.75) is 37.6 Å². The summed E-state index contributed by atoms with van der Waals surface area (Å²) >= 11 is 0. The molecule has 33 heavy (non-hydrogen) atoms. The second-order valence-electron chi connectivity index (χ2n) is 7.63. The molecule has 0 unspecified atom stereocenters. The summed E-state index contributed by atoms with van der Waals surface area (Å²) in [6.45, 7) is 1.91. The van der Waals surface area contributed by atoms with E-state index in [1.807, 2.05) is 0 Å². The molecule has 1 saturated heterocycles. The normalized spacial score (nSPS) is 25.5. The Morgan fingerprint density at radius 3 is 2.55 bits per heavy atom. The summed E-state index contributed by atoms with van der Waals surface area (Å²) in [7, 11) is 1.01. The number of methoxy groups -OCH3 is 1. The number of hydrogen-bond acceptors (Lipinski definition) is 5. The largest absolute Gasteiger partial charge is 0.493 e. The highest BCUT2D eigenvalue weighted by Crippen LogP contribution is 2.55. The molecule has 2 amide bonds. The molecule has 1 fully saturated rings. The lowest BCUT2D eigenvalue weighted by Crippen LogP contribution is -2.47. The quantitative estimate of drug-likeness (QED) is 0.646. The summed E-state index contributed by atoms with van der Waals surface area (Å²) in [4.78, 5) is 28.2. The zero-order valence-electron chi connectivity index (χ0n) is 18.6. The van der Waals surface area contributed by atoms with Gasteiger partial charge < -0.3 is 20.5 Å². The Morgan fingerprint density at radius 1 is 1.30 bits per heavy atom. The Morgan fingerprint density at radius 2 is 1.97 bits per heavy atom. The van der Waals surface area contributed by atoms with Crippen LogP contribution in [0.1, 0.15) is 37.2 Å². The van der Waals surface area contributed by atoms with Crippen molar-refractivity contribution < 1.29 is 42.4 Å². The van der Waals surface area contributed by atoms with Gasteiger partial charge in [0.25, 0.3) is 11.8 Å². The Hall–Kier alpha value is -3.28. The highest BCUT2D eigenvalue weighted by Gasteiger charge is 2.65. The van der Waals surface area contributed by atoms with E-state index in [9.17, 15) is 31.5 Å². The van der Waals surface area contributed by atoms with Crippen molar-refractivity contribution in [3.05, 3.63) is 53.3 Å². The minimum Gasteiger partial charge on any atom is -0.493 e. The maximum absolute atomic E-state index is 14.4. The van der Waals surface area contributed by atoms with Crippen molar-refractivity contribution in [3.63, 3.8) is 0 Å². The number of ether oxygens (including phenoxy) is 2.